The van der Waals surface area contributed by atoms with E-state index in [4.69, 9.17) is 11.6 Å². The quantitative estimate of drug-likeness (QED) is 0.228. The zero-order valence-electron chi connectivity index (χ0n) is 16.4. The van der Waals surface area contributed by atoms with Gasteiger partial charge in [-0.3, -0.25) is 10.0 Å². The molecule has 0 fully saturated rings. The zero-order chi connectivity index (χ0) is 22.1. The molecule has 0 radical (unpaired) electrons. The van der Waals surface area contributed by atoms with Gasteiger partial charge in [0.1, 0.15) is 17.3 Å². The Labute approximate surface area is 181 Å². The summed E-state index contributed by atoms with van der Waals surface area (Å²) in [5, 5.41) is 23.5. The van der Waals surface area contributed by atoms with Crippen molar-refractivity contribution in [2.45, 2.75) is 6.54 Å². The highest BCUT2D eigenvalue weighted by atomic mass is 35.5. The molecule has 3 aromatic heterocycles. The molecule has 1 N–H and O–H groups in total. The third-order valence-electron chi connectivity index (χ3n) is 4.85. The summed E-state index contributed by atoms with van der Waals surface area (Å²) in [6.45, 7) is 0.190. The van der Waals surface area contributed by atoms with Crippen LogP contribution in [-0.2, 0) is 6.54 Å². The standard InChI is InChI=1S/C22H17ClN4O4/c1-25(31)20(28)16-8-6-15(7-9-16)19-21(29)26-11-3-2-4-18(26)27(22(19)30)13-14-5-10-17(23)24-12-14/h2-12,31H,13H2,1H3. The highest BCUT2D eigenvalue weighted by molar-refractivity contribution is 6.29. The molecule has 1 amide bonds. The molecule has 0 aliphatic heterocycles. The van der Waals surface area contributed by atoms with E-state index in [9.17, 15) is 19.9 Å². The highest BCUT2D eigenvalue weighted by Crippen LogP contribution is 2.23. The van der Waals surface area contributed by atoms with Crippen LogP contribution in [0.25, 0.3) is 16.8 Å². The lowest BCUT2D eigenvalue weighted by atomic mass is 10.1. The molecule has 0 spiro atoms. The van der Waals surface area contributed by atoms with Crippen LogP contribution >= 0.6 is 11.6 Å². The number of rotatable bonds is 4. The fraction of sp³-hybridized carbons (Fsp3) is 0.0909. The maximum absolute atomic E-state index is 13.4. The number of aromatic nitrogens is 3. The number of fused-ring (bicyclic) bond motifs is 1. The summed E-state index contributed by atoms with van der Waals surface area (Å²) in [7, 11) is 1.22. The number of carbonyl (C=O) groups is 1. The Morgan fingerprint density at radius 1 is 1.19 bits per heavy atom. The minimum absolute atomic E-state index is 0.0259. The van der Waals surface area contributed by atoms with Gasteiger partial charge in [-0.05, 0) is 29.8 Å². The Bertz CT molecular complexity index is 1330. The van der Waals surface area contributed by atoms with Crippen LogP contribution in [0.3, 0.4) is 0 Å². The molecular weight excluding hydrogens is 420 g/mol. The van der Waals surface area contributed by atoms with Crippen LogP contribution in [0.4, 0.5) is 0 Å². The van der Waals surface area contributed by atoms with Crippen molar-refractivity contribution in [1.82, 2.24) is 14.4 Å². The SMILES string of the molecule is CN(O)C(=O)c1ccc(-c2c([O-])[n+](Cc3ccc(Cl)nc3)c3ccccn3c2=O)cc1. The van der Waals surface area contributed by atoms with Gasteiger partial charge in [-0.1, -0.05) is 35.9 Å². The number of halogens is 1. The van der Waals surface area contributed by atoms with Crippen molar-refractivity contribution >= 4 is 23.2 Å². The smallest absolute Gasteiger partial charge is 0.349 e. The number of hydrogen-bond acceptors (Lipinski definition) is 5. The van der Waals surface area contributed by atoms with Crippen LogP contribution in [0.5, 0.6) is 5.88 Å². The Morgan fingerprint density at radius 2 is 1.94 bits per heavy atom. The normalized spacial score (nSPS) is 10.9. The van der Waals surface area contributed by atoms with Crippen molar-refractivity contribution in [3.63, 3.8) is 0 Å². The maximum Gasteiger partial charge on any atom is 0.349 e. The third kappa shape index (κ3) is 3.86. The summed E-state index contributed by atoms with van der Waals surface area (Å²) in [5.41, 5.74) is 1.28. The number of pyridine rings is 2. The van der Waals surface area contributed by atoms with Gasteiger partial charge >= 0.3 is 5.56 Å². The number of amides is 1. The van der Waals surface area contributed by atoms with Crippen LogP contribution in [0.1, 0.15) is 15.9 Å². The van der Waals surface area contributed by atoms with Crippen molar-refractivity contribution in [3.05, 3.63) is 93.6 Å². The Morgan fingerprint density at radius 3 is 2.58 bits per heavy atom. The van der Waals surface area contributed by atoms with Crippen molar-refractivity contribution in [2.75, 3.05) is 7.05 Å². The molecule has 3 heterocycles. The maximum atomic E-state index is 13.4. The van der Waals surface area contributed by atoms with Gasteiger partial charge in [0, 0.05) is 30.4 Å². The summed E-state index contributed by atoms with van der Waals surface area (Å²) in [5.74, 6) is -1.07. The van der Waals surface area contributed by atoms with Gasteiger partial charge in [0.2, 0.25) is 0 Å². The van der Waals surface area contributed by atoms with Crippen LogP contribution in [0.15, 0.2) is 71.8 Å². The summed E-state index contributed by atoms with van der Waals surface area (Å²) < 4.78 is 2.89. The van der Waals surface area contributed by atoms with Crippen LogP contribution in [0.2, 0.25) is 5.15 Å². The largest absolute Gasteiger partial charge is 0.842 e. The van der Waals surface area contributed by atoms with E-state index >= 15 is 0 Å². The molecule has 0 saturated carbocycles. The lowest BCUT2D eigenvalue weighted by Gasteiger charge is -2.17. The Hall–Kier alpha value is -3.75. The molecule has 9 heteroatoms. The van der Waals surface area contributed by atoms with Gasteiger partial charge < -0.3 is 5.11 Å². The topological polar surface area (TPSA) is 102 Å². The van der Waals surface area contributed by atoms with Crippen molar-refractivity contribution in [2.24, 2.45) is 0 Å². The average Bonchev–Trinajstić information content (AvgIpc) is 2.78. The Balaban J connectivity index is 1.89. The fourth-order valence-corrected chi connectivity index (χ4v) is 3.44. The molecule has 4 aromatic rings. The van der Waals surface area contributed by atoms with Crippen LogP contribution < -0.4 is 15.2 Å². The molecule has 1 aromatic carbocycles. The molecule has 0 aliphatic carbocycles. The minimum Gasteiger partial charge on any atom is -0.842 e. The number of hydroxylamine groups is 2. The number of benzene rings is 1. The summed E-state index contributed by atoms with van der Waals surface area (Å²) in [4.78, 5) is 29.1. The van der Waals surface area contributed by atoms with E-state index in [-0.39, 0.29) is 17.7 Å². The highest BCUT2D eigenvalue weighted by Gasteiger charge is 2.20. The Kier molecular flexibility index (Phi) is 5.41. The lowest BCUT2D eigenvalue weighted by molar-refractivity contribution is -0.708. The fourth-order valence-electron chi connectivity index (χ4n) is 3.33. The van der Waals surface area contributed by atoms with Gasteiger partial charge in [-0.25, -0.2) is 19.4 Å². The summed E-state index contributed by atoms with van der Waals surface area (Å²) in [6.07, 6.45) is 3.17. The molecule has 156 valence electrons. The molecule has 0 saturated heterocycles. The van der Waals surface area contributed by atoms with E-state index < -0.39 is 17.3 Å². The third-order valence-corrected chi connectivity index (χ3v) is 5.07. The average molecular weight is 437 g/mol. The molecule has 4 rings (SSSR count). The first kappa shape index (κ1) is 20.5. The van der Waals surface area contributed by atoms with E-state index in [0.29, 0.717) is 21.4 Å². The first-order chi connectivity index (χ1) is 14.9. The first-order valence-corrected chi connectivity index (χ1v) is 9.66. The van der Waals surface area contributed by atoms with E-state index in [0.717, 1.165) is 5.56 Å². The number of nitrogens with zero attached hydrogens (tertiary/aromatic N) is 4. The van der Waals surface area contributed by atoms with E-state index in [1.54, 1.807) is 42.7 Å². The second kappa shape index (κ2) is 8.17. The van der Waals surface area contributed by atoms with E-state index in [1.807, 2.05) is 0 Å². The predicted molar refractivity (Wildman–Crippen MR) is 111 cm³/mol. The molecule has 0 atom stereocenters. The summed E-state index contributed by atoms with van der Waals surface area (Å²) in [6, 6.07) is 14.5. The van der Waals surface area contributed by atoms with Gasteiger partial charge in [-0.15, -0.1) is 0 Å². The van der Waals surface area contributed by atoms with Gasteiger partial charge in [0.25, 0.3) is 11.6 Å². The van der Waals surface area contributed by atoms with Crippen LogP contribution in [0, 0.1) is 0 Å². The van der Waals surface area contributed by atoms with Crippen molar-refractivity contribution in [3.8, 4) is 17.0 Å². The van der Waals surface area contributed by atoms with Crippen molar-refractivity contribution < 1.29 is 19.7 Å². The number of carbonyl (C=O) groups excluding carboxylic acids is 1. The predicted octanol–water partition coefficient (Wildman–Crippen LogP) is 1.89. The van der Waals surface area contributed by atoms with Gasteiger partial charge in [0.15, 0.2) is 0 Å². The zero-order valence-corrected chi connectivity index (χ0v) is 17.2. The molecule has 31 heavy (non-hydrogen) atoms. The number of hydrogen-bond donors (Lipinski definition) is 1. The van der Waals surface area contributed by atoms with Crippen LogP contribution in [-0.4, -0.2) is 32.6 Å². The minimum atomic E-state index is -0.602. The van der Waals surface area contributed by atoms with Crippen molar-refractivity contribution in [1.29, 1.82) is 0 Å². The van der Waals surface area contributed by atoms with E-state index in [2.05, 4.69) is 4.98 Å². The lowest BCUT2D eigenvalue weighted by Crippen LogP contribution is -2.44. The second-order valence-corrected chi connectivity index (χ2v) is 7.28. The molecule has 0 aliphatic rings. The van der Waals surface area contributed by atoms with Gasteiger partial charge in [-0.2, -0.15) is 4.40 Å². The monoisotopic (exact) mass is 436 g/mol. The first-order valence-electron chi connectivity index (χ1n) is 9.29. The molecule has 8 nitrogen and oxygen atoms in total. The molecular formula is C22H17ClN4O4. The second-order valence-electron chi connectivity index (χ2n) is 6.90. The van der Waals surface area contributed by atoms with E-state index in [1.165, 1.54) is 40.3 Å². The molecule has 0 unspecified atom stereocenters. The molecule has 0 bridgehead atoms. The summed E-state index contributed by atoms with van der Waals surface area (Å²) >= 11 is 5.85. The van der Waals surface area contributed by atoms with Gasteiger partial charge in [0.05, 0.1) is 12.1 Å².